The van der Waals surface area contributed by atoms with Crippen LogP contribution in [0, 0.1) is 0 Å². The number of benzene rings is 1. The molecule has 108 valence electrons. The average Bonchev–Trinajstić information content (AvgIpc) is 2.89. The number of urea groups is 1. The van der Waals surface area contributed by atoms with Gasteiger partial charge in [0.1, 0.15) is 0 Å². The van der Waals surface area contributed by atoms with Gasteiger partial charge in [-0.15, -0.1) is 0 Å². The van der Waals surface area contributed by atoms with Crippen molar-refractivity contribution in [2.75, 3.05) is 18.0 Å². The first-order chi connectivity index (χ1) is 10.2. The molecular weight excluding hydrogens is 330 g/mol. The van der Waals surface area contributed by atoms with Crippen molar-refractivity contribution in [3.05, 3.63) is 58.8 Å². The molecular formula is C16H16BrN3O. The van der Waals surface area contributed by atoms with Crippen LogP contribution in [0.5, 0.6) is 0 Å². The lowest BCUT2D eigenvalue weighted by Crippen LogP contribution is -2.33. The molecule has 1 aromatic carbocycles. The quantitative estimate of drug-likeness (QED) is 0.847. The van der Waals surface area contributed by atoms with E-state index in [2.05, 4.69) is 40.0 Å². The van der Waals surface area contributed by atoms with Crippen LogP contribution in [-0.2, 0) is 0 Å². The molecule has 1 atom stereocenters. The molecule has 4 nitrogen and oxygen atoms in total. The van der Waals surface area contributed by atoms with Gasteiger partial charge in [0.05, 0.1) is 17.9 Å². The van der Waals surface area contributed by atoms with E-state index < -0.39 is 0 Å². The van der Waals surface area contributed by atoms with E-state index in [0.717, 1.165) is 22.3 Å². The Morgan fingerprint density at radius 1 is 1.19 bits per heavy atom. The lowest BCUT2D eigenvalue weighted by Gasteiger charge is -2.25. The first-order valence-corrected chi connectivity index (χ1v) is 7.70. The molecule has 2 amide bonds. The number of aromatic nitrogens is 1. The molecule has 0 bridgehead atoms. The van der Waals surface area contributed by atoms with Gasteiger partial charge in [0.25, 0.3) is 0 Å². The largest absolute Gasteiger partial charge is 0.325 e. The highest BCUT2D eigenvalue weighted by Crippen LogP contribution is 2.28. The number of pyridine rings is 1. The molecule has 0 saturated carbocycles. The Balaban J connectivity index is 1.81. The summed E-state index contributed by atoms with van der Waals surface area (Å²) in [5.41, 5.74) is 1.98. The summed E-state index contributed by atoms with van der Waals surface area (Å²) in [6, 6.07) is 12.1. The number of amides is 2. The number of carbonyl (C=O) groups is 1. The topological polar surface area (TPSA) is 36.4 Å². The monoisotopic (exact) mass is 345 g/mol. The van der Waals surface area contributed by atoms with Crippen LogP contribution in [-0.4, -0.2) is 29.0 Å². The van der Waals surface area contributed by atoms with Crippen LogP contribution in [0.1, 0.15) is 18.5 Å². The van der Waals surface area contributed by atoms with Crippen molar-refractivity contribution in [1.82, 2.24) is 9.88 Å². The maximum absolute atomic E-state index is 12.6. The molecule has 0 aliphatic carbocycles. The number of nitrogens with zero attached hydrogens (tertiary/aromatic N) is 3. The van der Waals surface area contributed by atoms with Gasteiger partial charge in [-0.05, 0) is 34.5 Å². The molecule has 1 saturated heterocycles. The maximum Gasteiger partial charge on any atom is 0.325 e. The van der Waals surface area contributed by atoms with Gasteiger partial charge in [-0.3, -0.25) is 9.88 Å². The first-order valence-electron chi connectivity index (χ1n) is 6.90. The van der Waals surface area contributed by atoms with Crippen molar-refractivity contribution < 1.29 is 4.79 Å². The fraction of sp³-hybridized carbons (Fsp3) is 0.250. The van der Waals surface area contributed by atoms with E-state index in [1.165, 1.54) is 0 Å². The SMILES string of the molecule is CC(c1ccccc1)N1CCN(c2cncc(Br)c2)C1=O. The Kier molecular flexibility index (Phi) is 3.92. The summed E-state index contributed by atoms with van der Waals surface area (Å²) in [5, 5.41) is 0. The number of carbonyl (C=O) groups excluding carboxylic acids is 1. The molecule has 1 aliphatic heterocycles. The first kappa shape index (κ1) is 14.1. The van der Waals surface area contributed by atoms with E-state index >= 15 is 0 Å². The third-order valence-corrected chi connectivity index (χ3v) is 4.23. The zero-order chi connectivity index (χ0) is 14.8. The van der Waals surface area contributed by atoms with E-state index in [9.17, 15) is 4.79 Å². The van der Waals surface area contributed by atoms with Gasteiger partial charge in [-0.2, -0.15) is 0 Å². The van der Waals surface area contributed by atoms with E-state index in [1.807, 2.05) is 29.2 Å². The summed E-state index contributed by atoms with van der Waals surface area (Å²) >= 11 is 3.40. The van der Waals surface area contributed by atoms with Crippen LogP contribution in [0.4, 0.5) is 10.5 Å². The number of hydrogen-bond donors (Lipinski definition) is 0. The van der Waals surface area contributed by atoms with E-state index in [0.29, 0.717) is 6.54 Å². The van der Waals surface area contributed by atoms with Crippen molar-refractivity contribution in [2.45, 2.75) is 13.0 Å². The van der Waals surface area contributed by atoms with E-state index in [1.54, 1.807) is 17.3 Å². The van der Waals surface area contributed by atoms with Gasteiger partial charge < -0.3 is 4.90 Å². The van der Waals surface area contributed by atoms with Crippen LogP contribution in [0.3, 0.4) is 0 Å². The van der Waals surface area contributed by atoms with Gasteiger partial charge in [0, 0.05) is 23.8 Å². The molecule has 2 aromatic rings. The van der Waals surface area contributed by atoms with Crippen LogP contribution in [0.2, 0.25) is 0 Å². The summed E-state index contributed by atoms with van der Waals surface area (Å²) in [6.07, 6.45) is 3.44. The van der Waals surface area contributed by atoms with Crippen molar-refractivity contribution in [3.8, 4) is 0 Å². The van der Waals surface area contributed by atoms with Crippen LogP contribution in [0.25, 0.3) is 0 Å². The molecule has 0 N–H and O–H groups in total. The maximum atomic E-state index is 12.6. The van der Waals surface area contributed by atoms with Crippen LogP contribution < -0.4 is 4.90 Å². The molecule has 2 heterocycles. The fourth-order valence-corrected chi connectivity index (χ4v) is 2.97. The van der Waals surface area contributed by atoms with E-state index in [-0.39, 0.29) is 12.1 Å². The van der Waals surface area contributed by atoms with Gasteiger partial charge in [0.15, 0.2) is 0 Å². The van der Waals surface area contributed by atoms with Gasteiger partial charge >= 0.3 is 6.03 Å². The predicted octanol–water partition coefficient (Wildman–Crippen LogP) is 3.85. The highest BCUT2D eigenvalue weighted by molar-refractivity contribution is 9.10. The van der Waals surface area contributed by atoms with Crippen molar-refractivity contribution in [1.29, 1.82) is 0 Å². The molecule has 3 rings (SSSR count). The molecule has 1 unspecified atom stereocenters. The molecule has 5 heteroatoms. The summed E-state index contributed by atoms with van der Waals surface area (Å²) in [6.45, 7) is 3.48. The fourth-order valence-electron chi connectivity index (χ4n) is 2.61. The predicted molar refractivity (Wildman–Crippen MR) is 86.2 cm³/mol. The minimum absolute atomic E-state index is 0.0336. The number of halogens is 1. The second kappa shape index (κ2) is 5.85. The summed E-state index contributed by atoms with van der Waals surface area (Å²) in [5.74, 6) is 0. The van der Waals surface area contributed by atoms with Gasteiger partial charge in [0.2, 0.25) is 0 Å². The highest BCUT2D eigenvalue weighted by atomic mass is 79.9. The van der Waals surface area contributed by atoms with Crippen LogP contribution >= 0.6 is 15.9 Å². The molecule has 1 aliphatic rings. The molecule has 0 radical (unpaired) electrons. The van der Waals surface area contributed by atoms with Gasteiger partial charge in [-0.25, -0.2) is 4.79 Å². The normalized spacial score (nSPS) is 16.4. The second-order valence-electron chi connectivity index (χ2n) is 5.08. The van der Waals surface area contributed by atoms with E-state index in [4.69, 9.17) is 0 Å². The standard InChI is InChI=1S/C16H16BrN3O/c1-12(13-5-3-2-4-6-13)19-7-8-20(16(19)21)15-9-14(17)10-18-11-15/h2-6,9-12H,7-8H2,1H3. The third-order valence-electron chi connectivity index (χ3n) is 3.79. The second-order valence-corrected chi connectivity index (χ2v) is 5.99. The van der Waals surface area contributed by atoms with Crippen LogP contribution in [0.15, 0.2) is 53.3 Å². The number of hydrogen-bond acceptors (Lipinski definition) is 2. The average molecular weight is 346 g/mol. The summed E-state index contributed by atoms with van der Waals surface area (Å²) in [4.78, 5) is 20.4. The Labute approximate surface area is 132 Å². The molecule has 1 aromatic heterocycles. The summed E-state index contributed by atoms with van der Waals surface area (Å²) < 4.78 is 0.877. The Morgan fingerprint density at radius 3 is 2.67 bits per heavy atom. The zero-order valence-electron chi connectivity index (χ0n) is 11.7. The molecule has 1 fully saturated rings. The highest BCUT2D eigenvalue weighted by Gasteiger charge is 2.33. The lowest BCUT2D eigenvalue weighted by atomic mass is 10.1. The zero-order valence-corrected chi connectivity index (χ0v) is 13.3. The Hall–Kier alpha value is -1.88. The smallest absolute Gasteiger partial charge is 0.316 e. The summed E-state index contributed by atoms with van der Waals surface area (Å²) in [7, 11) is 0. The Bertz CT molecular complexity index is 647. The van der Waals surface area contributed by atoms with Crippen molar-refractivity contribution in [2.24, 2.45) is 0 Å². The minimum atomic E-state index is 0.0336. The van der Waals surface area contributed by atoms with Crippen molar-refractivity contribution in [3.63, 3.8) is 0 Å². The number of rotatable bonds is 3. The molecule has 0 spiro atoms. The minimum Gasteiger partial charge on any atom is -0.316 e. The number of anilines is 1. The Morgan fingerprint density at radius 2 is 1.95 bits per heavy atom. The lowest BCUT2D eigenvalue weighted by molar-refractivity contribution is 0.205. The van der Waals surface area contributed by atoms with Gasteiger partial charge in [-0.1, -0.05) is 30.3 Å². The third kappa shape index (κ3) is 2.78. The molecule has 21 heavy (non-hydrogen) atoms. The van der Waals surface area contributed by atoms with Crippen molar-refractivity contribution >= 4 is 27.6 Å².